The van der Waals surface area contributed by atoms with Gasteiger partial charge in [0.05, 0.1) is 30.2 Å². The van der Waals surface area contributed by atoms with Gasteiger partial charge < -0.3 is 19.9 Å². The molecular weight excluding hydrogens is 464 g/mol. The molecule has 1 fully saturated rings. The third kappa shape index (κ3) is 5.17. The third-order valence-corrected chi connectivity index (χ3v) is 9.19. The summed E-state index contributed by atoms with van der Waals surface area (Å²) < 4.78 is 34.2. The van der Waals surface area contributed by atoms with E-state index in [1.165, 1.54) is 4.31 Å². The van der Waals surface area contributed by atoms with Crippen molar-refractivity contribution in [2.75, 3.05) is 64.3 Å². The van der Waals surface area contributed by atoms with Crippen molar-refractivity contribution in [3.8, 4) is 5.75 Å². The maximum absolute atomic E-state index is 13.7. The average Bonchev–Trinajstić information content (AvgIpc) is 3.25. The van der Waals surface area contributed by atoms with Gasteiger partial charge in [-0.05, 0) is 68.8 Å². The Morgan fingerprint density at radius 2 is 1.77 bits per heavy atom. The van der Waals surface area contributed by atoms with Crippen LogP contribution in [0.4, 0.5) is 5.69 Å². The van der Waals surface area contributed by atoms with Gasteiger partial charge in [0.1, 0.15) is 5.75 Å². The number of hydrogen-bond acceptors (Lipinski definition) is 6. The fourth-order valence-electron chi connectivity index (χ4n) is 4.92. The highest BCUT2D eigenvalue weighted by atomic mass is 32.2. The van der Waals surface area contributed by atoms with Gasteiger partial charge in [0.15, 0.2) is 0 Å². The zero-order chi connectivity index (χ0) is 25.2. The number of benzene rings is 2. The summed E-state index contributed by atoms with van der Waals surface area (Å²) in [5, 5.41) is 3.05. The van der Waals surface area contributed by atoms with Gasteiger partial charge in [-0.25, -0.2) is 8.42 Å². The lowest BCUT2D eigenvalue weighted by Crippen LogP contribution is -2.45. The zero-order valence-corrected chi connectivity index (χ0v) is 21.9. The molecule has 0 aliphatic carbocycles. The average molecular weight is 501 g/mol. The van der Waals surface area contributed by atoms with E-state index < -0.39 is 15.9 Å². The number of carbonyl (C=O) groups excluding carboxylic acids is 1. The molecule has 9 heteroatoms. The van der Waals surface area contributed by atoms with Crippen LogP contribution in [0.15, 0.2) is 41.3 Å². The highest BCUT2D eigenvalue weighted by Crippen LogP contribution is 2.41. The molecule has 190 valence electrons. The van der Waals surface area contributed by atoms with E-state index in [0.29, 0.717) is 23.5 Å². The maximum atomic E-state index is 13.7. The number of nitrogens with one attached hydrogen (secondary N) is 1. The van der Waals surface area contributed by atoms with Crippen molar-refractivity contribution in [3.63, 3.8) is 0 Å². The van der Waals surface area contributed by atoms with Crippen molar-refractivity contribution in [2.24, 2.45) is 0 Å². The van der Waals surface area contributed by atoms with E-state index in [0.717, 1.165) is 50.3 Å². The second kappa shape index (κ2) is 10.6. The first kappa shape index (κ1) is 25.5. The van der Waals surface area contributed by atoms with Gasteiger partial charge in [-0.2, -0.15) is 0 Å². The van der Waals surface area contributed by atoms with Crippen LogP contribution in [0.2, 0.25) is 0 Å². The molecule has 0 radical (unpaired) electrons. The van der Waals surface area contributed by atoms with E-state index in [1.54, 1.807) is 32.2 Å². The summed E-state index contributed by atoms with van der Waals surface area (Å²) in [5.74, 6) is -0.0162. The van der Waals surface area contributed by atoms with Gasteiger partial charge in [-0.15, -0.1) is 0 Å². The smallest absolute Gasteiger partial charge is 0.264 e. The summed E-state index contributed by atoms with van der Waals surface area (Å²) in [6.45, 7) is 9.51. The Bertz CT molecular complexity index is 1180. The molecule has 1 amide bonds. The van der Waals surface area contributed by atoms with Crippen molar-refractivity contribution in [2.45, 2.75) is 31.1 Å². The molecule has 0 saturated carbocycles. The van der Waals surface area contributed by atoms with Crippen LogP contribution in [0.3, 0.4) is 0 Å². The van der Waals surface area contributed by atoms with E-state index in [-0.39, 0.29) is 17.3 Å². The lowest BCUT2D eigenvalue weighted by atomic mass is 10.0. The molecule has 1 saturated heterocycles. The first-order chi connectivity index (χ1) is 16.7. The standard InChI is InChI=1S/C26H36N4O4S/c1-19-20(2)25(11-10-24(19)34-4)35(32,33)30-18-22(21-8-5-6-9-23(21)30)26(31)27-12-7-13-29-16-14-28(3)15-17-29/h5-6,8-11,22H,7,12-18H2,1-4H3,(H,27,31)/t22-/m0/s1. The van der Waals surface area contributed by atoms with Crippen LogP contribution in [0, 0.1) is 13.8 Å². The van der Waals surface area contributed by atoms with Gasteiger partial charge in [0.25, 0.3) is 10.0 Å². The normalized spacial score (nSPS) is 19.0. The van der Waals surface area contributed by atoms with E-state index in [1.807, 2.05) is 25.1 Å². The summed E-state index contributed by atoms with van der Waals surface area (Å²) >= 11 is 0. The van der Waals surface area contributed by atoms with Crippen molar-refractivity contribution in [1.29, 1.82) is 0 Å². The minimum atomic E-state index is -3.85. The van der Waals surface area contributed by atoms with Crippen molar-refractivity contribution < 1.29 is 17.9 Å². The number of likely N-dealkylation sites (N-methyl/N-ethyl adjacent to an activating group) is 1. The number of rotatable bonds is 8. The molecule has 2 aromatic rings. The van der Waals surface area contributed by atoms with Crippen LogP contribution in [0.25, 0.3) is 0 Å². The van der Waals surface area contributed by atoms with Crippen LogP contribution in [-0.4, -0.2) is 84.1 Å². The molecule has 0 aromatic heterocycles. The van der Waals surface area contributed by atoms with Gasteiger partial charge in [0, 0.05) is 32.7 Å². The summed E-state index contributed by atoms with van der Waals surface area (Å²) in [6, 6.07) is 10.6. The molecule has 2 heterocycles. The Hall–Kier alpha value is -2.62. The zero-order valence-electron chi connectivity index (χ0n) is 21.1. The Morgan fingerprint density at radius 3 is 2.49 bits per heavy atom. The molecule has 4 rings (SSSR count). The number of carbonyl (C=O) groups is 1. The predicted octanol–water partition coefficient (Wildman–Crippen LogP) is 2.36. The number of hydrogen-bond donors (Lipinski definition) is 1. The molecule has 35 heavy (non-hydrogen) atoms. The molecular formula is C26H36N4O4S. The van der Waals surface area contributed by atoms with Gasteiger partial charge in [0.2, 0.25) is 5.91 Å². The summed E-state index contributed by atoms with van der Waals surface area (Å²) in [6.07, 6.45) is 0.871. The fourth-order valence-corrected chi connectivity index (χ4v) is 6.71. The van der Waals surface area contributed by atoms with Crippen LogP contribution in [-0.2, 0) is 14.8 Å². The van der Waals surface area contributed by atoms with Gasteiger partial charge in [-0.3, -0.25) is 9.10 Å². The van der Waals surface area contributed by atoms with Crippen molar-refractivity contribution >= 4 is 21.6 Å². The second-order valence-electron chi connectivity index (χ2n) is 9.45. The number of fused-ring (bicyclic) bond motifs is 1. The van der Waals surface area contributed by atoms with Gasteiger partial charge in [-0.1, -0.05) is 18.2 Å². The second-order valence-corrected chi connectivity index (χ2v) is 11.3. The number of ether oxygens (including phenoxy) is 1. The van der Waals surface area contributed by atoms with Crippen LogP contribution >= 0.6 is 0 Å². The summed E-state index contributed by atoms with van der Waals surface area (Å²) in [5.41, 5.74) is 2.75. The third-order valence-electron chi connectivity index (χ3n) is 7.27. The quantitative estimate of drug-likeness (QED) is 0.561. The Labute approximate surface area is 208 Å². The largest absolute Gasteiger partial charge is 0.496 e. The van der Waals surface area contributed by atoms with Crippen molar-refractivity contribution in [3.05, 3.63) is 53.1 Å². The van der Waals surface area contributed by atoms with E-state index in [9.17, 15) is 13.2 Å². The molecule has 0 spiro atoms. The Morgan fingerprint density at radius 1 is 1.06 bits per heavy atom. The predicted molar refractivity (Wildman–Crippen MR) is 138 cm³/mol. The Balaban J connectivity index is 1.46. The molecule has 0 unspecified atom stereocenters. The molecule has 0 bridgehead atoms. The SMILES string of the molecule is COc1ccc(S(=O)(=O)N2C[C@H](C(=O)NCCCN3CCN(C)CC3)c3ccccc32)c(C)c1C. The first-order valence-electron chi connectivity index (χ1n) is 12.2. The Kier molecular flexibility index (Phi) is 7.68. The number of nitrogens with zero attached hydrogens (tertiary/aromatic N) is 3. The van der Waals surface area contributed by atoms with E-state index >= 15 is 0 Å². The minimum absolute atomic E-state index is 0.0937. The topological polar surface area (TPSA) is 82.2 Å². The molecule has 2 aliphatic heterocycles. The first-order valence-corrected chi connectivity index (χ1v) is 13.6. The minimum Gasteiger partial charge on any atom is -0.496 e. The number of para-hydroxylation sites is 1. The van der Waals surface area contributed by atoms with Gasteiger partial charge >= 0.3 is 0 Å². The number of sulfonamides is 1. The fraction of sp³-hybridized carbons (Fsp3) is 0.500. The lowest BCUT2D eigenvalue weighted by molar-refractivity contribution is -0.122. The molecule has 2 aliphatic rings. The van der Waals surface area contributed by atoms with Crippen LogP contribution in [0.1, 0.15) is 29.0 Å². The highest BCUT2D eigenvalue weighted by molar-refractivity contribution is 7.93. The molecule has 8 nitrogen and oxygen atoms in total. The number of amides is 1. The highest BCUT2D eigenvalue weighted by Gasteiger charge is 2.40. The molecule has 2 aromatic carbocycles. The summed E-state index contributed by atoms with van der Waals surface area (Å²) in [4.78, 5) is 18.1. The number of piperazine rings is 1. The van der Waals surface area contributed by atoms with Crippen molar-refractivity contribution in [1.82, 2.24) is 15.1 Å². The van der Waals surface area contributed by atoms with Crippen LogP contribution in [0.5, 0.6) is 5.75 Å². The summed E-state index contributed by atoms with van der Waals surface area (Å²) in [7, 11) is -0.147. The molecule has 1 atom stereocenters. The number of anilines is 1. The lowest BCUT2D eigenvalue weighted by Gasteiger charge is -2.32. The van der Waals surface area contributed by atoms with E-state index in [2.05, 4.69) is 22.2 Å². The number of methoxy groups -OCH3 is 1. The van der Waals surface area contributed by atoms with Crippen LogP contribution < -0.4 is 14.4 Å². The van der Waals surface area contributed by atoms with E-state index in [4.69, 9.17) is 4.74 Å². The maximum Gasteiger partial charge on any atom is 0.264 e. The molecule has 1 N–H and O–H groups in total. The monoisotopic (exact) mass is 500 g/mol.